The number of hydrogen-bond donors (Lipinski definition) is 0. The van der Waals surface area contributed by atoms with Crippen molar-refractivity contribution in [1.82, 2.24) is 0 Å². The van der Waals surface area contributed by atoms with E-state index >= 15 is 0 Å². The van der Waals surface area contributed by atoms with Crippen molar-refractivity contribution in [2.45, 2.75) is 17.7 Å². The van der Waals surface area contributed by atoms with Crippen molar-refractivity contribution in [3.05, 3.63) is 64.2 Å². The summed E-state index contributed by atoms with van der Waals surface area (Å²) >= 11 is 9.69. The third-order valence-corrected chi connectivity index (χ3v) is 4.70. The van der Waals surface area contributed by atoms with Crippen molar-refractivity contribution in [3.8, 4) is 5.75 Å². The molecular formula is C16H14BrClO. The fraction of sp³-hybridized carbons (Fsp3) is 0.250. The molecule has 3 rings (SSSR count). The van der Waals surface area contributed by atoms with Crippen molar-refractivity contribution >= 4 is 27.5 Å². The van der Waals surface area contributed by atoms with Crippen LogP contribution >= 0.6 is 27.5 Å². The molecule has 0 amide bonds. The molecule has 1 unspecified atom stereocenters. The predicted molar refractivity (Wildman–Crippen MR) is 82.5 cm³/mol. The Kier molecular flexibility index (Phi) is 3.81. The van der Waals surface area contributed by atoms with E-state index in [4.69, 9.17) is 16.3 Å². The summed E-state index contributed by atoms with van der Waals surface area (Å²) in [5.74, 6) is 1.03. The number of alkyl halides is 1. The Bertz CT molecular complexity index is 580. The van der Waals surface area contributed by atoms with E-state index in [1.807, 2.05) is 12.1 Å². The van der Waals surface area contributed by atoms with Crippen LogP contribution in [0.4, 0.5) is 0 Å². The number of benzene rings is 2. The zero-order valence-electron chi connectivity index (χ0n) is 10.4. The Morgan fingerprint density at radius 1 is 1.05 bits per heavy atom. The maximum Gasteiger partial charge on any atom is 0.122 e. The SMILES string of the molecule is Clc1ccc(C(Br)c2ccc3c(c2)CCCO3)cc1. The van der Waals surface area contributed by atoms with E-state index in [0.29, 0.717) is 0 Å². The smallest absolute Gasteiger partial charge is 0.122 e. The minimum Gasteiger partial charge on any atom is -0.493 e. The fourth-order valence-electron chi connectivity index (χ4n) is 2.36. The van der Waals surface area contributed by atoms with Gasteiger partial charge in [-0.05, 0) is 47.7 Å². The summed E-state index contributed by atoms with van der Waals surface area (Å²) in [4.78, 5) is 0.192. The van der Waals surface area contributed by atoms with Crippen molar-refractivity contribution in [3.63, 3.8) is 0 Å². The zero-order chi connectivity index (χ0) is 13.2. The van der Waals surface area contributed by atoms with Crippen molar-refractivity contribution in [2.24, 2.45) is 0 Å². The lowest BCUT2D eigenvalue weighted by Gasteiger charge is -2.19. The predicted octanol–water partition coefficient (Wildman–Crippen LogP) is 5.15. The molecule has 0 aliphatic carbocycles. The van der Waals surface area contributed by atoms with Gasteiger partial charge >= 0.3 is 0 Å². The van der Waals surface area contributed by atoms with Gasteiger partial charge in [-0.1, -0.05) is 51.8 Å². The van der Waals surface area contributed by atoms with Crippen LogP contribution in [-0.4, -0.2) is 6.61 Å². The maximum absolute atomic E-state index is 5.93. The first-order valence-electron chi connectivity index (χ1n) is 6.39. The highest BCUT2D eigenvalue weighted by Gasteiger charge is 2.15. The Labute approximate surface area is 126 Å². The van der Waals surface area contributed by atoms with E-state index in [1.165, 1.54) is 16.7 Å². The standard InChI is InChI=1S/C16H14BrClO/c17-16(11-3-6-14(18)7-4-11)13-5-8-15-12(10-13)2-1-9-19-15/h3-8,10,16H,1-2,9H2. The average molecular weight is 338 g/mol. The van der Waals surface area contributed by atoms with E-state index < -0.39 is 0 Å². The monoisotopic (exact) mass is 336 g/mol. The molecule has 0 saturated heterocycles. The van der Waals surface area contributed by atoms with Crippen LogP contribution in [0.25, 0.3) is 0 Å². The molecule has 0 aromatic heterocycles. The first-order valence-corrected chi connectivity index (χ1v) is 7.68. The van der Waals surface area contributed by atoms with Gasteiger partial charge in [-0.2, -0.15) is 0 Å². The largest absolute Gasteiger partial charge is 0.493 e. The fourth-order valence-corrected chi connectivity index (χ4v) is 3.08. The lowest BCUT2D eigenvalue weighted by Crippen LogP contribution is -2.08. The van der Waals surface area contributed by atoms with Gasteiger partial charge in [0.1, 0.15) is 5.75 Å². The number of fused-ring (bicyclic) bond motifs is 1. The molecule has 0 bridgehead atoms. The normalized spacial score (nSPS) is 15.5. The molecule has 98 valence electrons. The summed E-state index contributed by atoms with van der Waals surface area (Å²) in [6.45, 7) is 0.835. The molecule has 1 heterocycles. The van der Waals surface area contributed by atoms with Gasteiger partial charge in [-0.25, -0.2) is 0 Å². The molecular weight excluding hydrogens is 324 g/mol. The zero-order valence-corrected chi connectivity index (χ0v) is 12.7. The van der Waals surface area contributed by atoms with Crippen molar-refractivity contribution in [1.29, 1.82) is 0 Å². The lowest BCUT2D eigenvalue weighted by molar-refractivity contribution is 0.288. The second-order valence-corrected chi connectivity index (χ2v) is 6.09. The molecule has 2 aromatic carbocycles. The van der Waals surface area contributed by atoms with E-state index in [9.17, 15) is 0 Å². The number of ether oxygens (including phenoxy) is 1. The molecule has 3 heteroatoms. The minimum atomic E-state index is 0.192. The van der Waals surface area contributed by atoms with Crippen LogP contribution in [0.5, 0.6) is 5.75 Å². The molecule has 0 N–H and O–H groups in total. The Morgan fingerprint density at radius 2 is 1.79 bits per heavy atom. The highest BCUT2D eigenvalue weighted by Crippen LogP contribution is 2.35. The van der Waals surface area contributed by atoms with Crippen LogP contribution in [0.3, 0.4) is 0 Å². The molecule has 1 nitrogen and oxygen atoms in total. The van der Waals surface area contributed by atoms with Gasteiger partial charge in [0.15, 0.2) is 0 Å². The summed E-state index contributed by atoms with van der Waals surface area (Å²) in [7, 11) is 0. The Morgan fingerprint density at radius 3 is 2.58 bits per heavy atom. The van der Waals surface area contributed by atoms with Gasteiger partial charge in [-0.3, -0.25) is 0 Å². The van der Waals surface area contributed by atoms with Crippen LogP contribution in [-0.2, 0) is 6.42 Å². The summed E-state index contributed by atoms with van der Waals surface area (Å²) < 4.78 is 5.65. The van der Waals surface area contributed by atoms with Gasteiger partial charge in [0, 0.05) is 5.02 Å². The molecule has 1 aliphatic rings. The highest BCUT2D eigenvalue weighted by atomic mass is 79.9. The summed E-state index contributed by atoms with van der Waals surface area (Å²) in [5, 5.41) is 0.766. The number of rotatable bonds is 2. The quantitative estimate of drug-likeness (QED) is 0.689. The van der Waals surface area contributed by atoms with Crippen LogP contribution in [0.15, 0.2) is 42.5 Å². The summed E-state index contributed by atoms with van der Waals surface area (Å²) in [5.41, 5.74) is 3.77. The highest BCUT2D eigenvalue weighted by molar-refractivity contribution is 9.09. The van der Waals surface area contributed by atoms with Gasteiger partial charge in [0.2, 0.25) is 0 Å². The molecule has 1 aliphatic heterocycles. The third kappa shape index (κ3) is 2.80. The van der Waals surface area contributed by atoms with Crippen LogP contribution < -0.4 is 4.74 Å². The van der Waals surface area contributed by atoms with Gasteiger partial charge < -0.3 is 4.74 Å². The first kappa shape index (κ1) is 13.0. The number of hydrogen-bond acceptors (Lipinski definition) is 1. The molecule has 0 saturated carbocycles. The van der Waals surface area contributed by atoms with Crippen molar-refractivity contribution < 1.29 is 4.74 Å². The molecule has 0 spiro atoms. The van der Waals surface area contributed by atoms with E-state index in [0.717, 1.165) is 30.2 Å². The summed E-state index contributed by atoms with van der Waals surface area (Å²) in [6, 6.07) is 14.4. The van der Waals surface area contributed by atoms with Crippen LogP contribution in [0.2, 0.25) is 5.02 Å². The molecule has 2 aromatic rings. The summed E-state index contributed by atoms with van der Waals surface area (Å²) in [6.07, 6.45) is 2.20. The first-order chi connectivity index (χ1) is 9.24. The number of halogens is 2. The topological polar surface area (TPSA) is 9.23 Å². The average Bonchev–Trinajstić information content (AvgIpc) is 2.47. The molecule has 19 heavy (non-hydrogen) atoms. The Hall–Kier alpha value is -0.990. The minimum absolute atomic E-state index is 0.192. The van der Waals surface area contributed by atoms with E-state index in [-0.39, 0.29) is 4.83 Å². The van der Waals surface area contributed by atoms with E-state index in [2.05, 4.69) is 46.3 Å². The molecule has 0 fully saturated rings. The lowest BCUT2D eigenvalue weighted by atomic mass is 9.99. The van der Waals surface area contributed by atoms with E-state index in [1.54, 1.807) is 0 Å². The maximum atomic E-state index is 5.93. The number of aryl methyl sites for hydroxylation is 1. The van der Waals surface area contributed by atoms with Gasteiger partial charge in [0.25, 0.3) is 0 Å². The molecule has 1 atom stereocenters. The van der Waals surface area contributed by atoms with Crippen LogP contribution in [0.1, 0.15) is 27.9 Å². The van der Waals surface area contributed by atoms with Gasteiger partial charge in [0.05, 0.1) is 11.4 Å². The Balaban J connectivity index is 1.91. The van der Waals surface area contributed by atoms with Crippen molar-refractivity contribution in [2.75, 3.05) is 6.61 Å². The second kappa shape index (κ2) is 5.56. The van der Waals surface area contributed by atoms with Gasteiger partial charge in [-0.15, -0.1) is 0 Å². The third-order valence-electron chi connectivity index (χ3n) is 3.39. The molecule has 0 radical (unpaired) electrons. The van der Waals surface area contributed by atoms with Crippen LogP contribution in [0, 0.1) is 0 Å². The second-order valence-electron chi connectivity index (χ2n) is 4.73.